The lowest BCUT2D eigenvalue weighted by molar-refractivity contribution is -0.130. The van der Waals surface area contributed by atoms with E-state index >= 15 is 0 Å². The Hall–Kier alpha value is -1.89. The lowest BCUT2D eigenvalue weighted by Gasteiger charge is -2.34. The molecular weight excluding hydrogens is 306 g/mol. The molecule has 0 aromatic carbocycles. The molecular formula is C17H27N5O2. The summed E-state index contributed by atoms with van der Waals surface area (Å²) in [6, 6.07) is 2.43. The monoisotopic (exact) mass is 333 g/mol. The van der Waals surface area contributed by atoms with Crippen LogP contribution in [0.1, 0.15) is 38.3 Å². The second-order valence-corrected chi connectivity index (χ2v) is 6.94. The number of likely N-dealkylation sites (tertiary alicyclic amines) is 2. The number of carbonyl (C=O) groups is 2. The van der Waals surface area contributed by atoms with E-state index in [-0.39, 0.29) is 17.9 Å². The third kappa shape index (κ3) is 3.45. The third-order valence-corrected chi connectivity index (χ3v) is 5.18. The van der Waals surface area contributed by atoms with E-state index in [1.807, 2.05) is 24.9 Å². The van der Waals surface area contributed by atoms with Gasteiger partial charge in [0.2, 0.25) is 11.8 Å². The van der Waals surface area contributed by atoms with Gasteiger partial charge >= 0.3 is 0 Å². The van der Waals surface area contributed by atoms with Crippen LogP contribution in [0.15, 0.2) is 6.07 Å². The summed E-state index contributed by atoms with van der Waals surface area (Å²) in [5.41, 5.74) is 0.884. The van der Waals surface area contributed by atoms with E-state index in [2.05, 4.69) is 15.3 Å². The molecule has 0 aliphatic carbocycles. The van der Waals surface area contributed by atoms with E-state index in [0.717, 1.165) is 50.3 Å². The fourth-order valence-corrected chi connectivity index (χ4v) is 4.16. The molecule has 1 N–H and O–H groups in total. The summed E-state index contributed by atoms with van der Waals surface area (Å²) in [5, 5.41) is 7.19. The molecule has 3 rings (SSSR count). The molecule has 7 nitrogen and oxygen atoms in total. The van der Waals surface area contributed by atoms with Crippen LogP contribution < -0.4 is 5.32 Å². The molecule has 2 fully saturated rings. The number of rotatable bonds is 4. The normalized spacial score (nSPS) is 24.5. The summed E-state index contributed by atoms with van der Waals surface area (Å²) >= 11 is 0. The molecule has 2 amide bonds. The van der Waals surface area contributed by atoms with Crippen molar-refractivity contribution in [2.75, 3.05) is 25.0 Å². The summed E-state index contributed by atoms with van der Waals surface area (Å²) in [6.45, 7) is 5.70. The second-order valence-electron chi connectivity index (χ2n) is 6.94. The van der Waals surface area contributed by atoms with Gasteiger partial charge in [-0.2, -0.15) is 5.10 Å². The Bertz CT molecular complexity index is 626. The smallest absolute Gasteiger partial charge is 0.239 e. The molecule has 0 radical (unpaired) electrons. The number of carbonyl (C=O) groups excluding carboxylic acids is 2. The number of nitrogens with zero attached hydrogens (tertiary/aromatic N) is 4. The van der Waals surface area contributed by atoms with Gasteiger partial charge in [-0.3, -0.25) is 19.2 Å². The second kappa shape index (κ2) is 6.93. The highest BCUT2D eigenvalue weighted by atomic mass is 16.2. The summed E-state index contributed by atoms with van der Waals surface area (Å²) in [6.07, 6.45) is 4.26. The van der Waals surface area contributed by atoms with Crippen LogP contribution in [0.3, 0.4) is 0 Å². The minimum atomic E-state index is -0.0164. The Balaban J connectivity index is 1.62. The van der Waals surface area contributed by atoms with E-state index in [1.165, 1.54) is 0 Å². The average Bonchev–Trinajstić information content (AvgIpc) is 3.19. The van der Waals surface area contributed by atoms with Gasteiger partial charge < -0.3 is 10.2 Å². The van der Waals surface area contributed by atoms with Crippen molar-refractivity contribution in [2.24, 2.45) is 7.05 Å². The Kier molecular flexibility index (Phi) is 4.89. The average molecular weight is 333 g/mol. The fraction of sp³-hybridized carbons (Fsp3) is 0.706. The first kappa shape index (κ1) is 17.0. The van der Waals surface area contributed by atoms with Crippen LogP contribution in [-0.2, 0) is 16.6 Å². The van der Waals surface area contributed by atoms with E-state index in [9.17, 15) is 9.59 Å². The van der Waals surface area contributed by atoms with Crippen molar-refractivity contribution in [1.29, 1.82) is 0 Å². The number of anilines is 1. The standard InChI is InChI=1S/C17H27N5O2/c1-12-10-16(20(3)19-12)18-17(24)11-21-8-4-6-14(21)15-7-5-9-22(15)13(2)23/h10,14-15H,4-9,11H2,1-3H3,(H,18,24)/t14-,15+/m0/s1. The van der Waals surface area contributed by atoms with Gasteiger partial charge in [0.15, 0.2) is 0 Å². The van der Waals surface area contributed by atoms with Crippen molar-refractivity contribution in [3.8, 4) is 0 Å². The van der Waals surface area contributed by atoms with Crippen LogP contribution in [0.5, 0.6) is 0 Å². The zero-order valence-corrected chi connectivity index (χ0v) is 14.8. The number of aromatic nitrogens is 2. The first-order valence-electron chi connectivity index (χ1n) is 8.77. The largest absolute Gasteiger partial charge is 0.338 e. The van der Waals surface area contributed by atoms with Gasteiger partial charge in [0.25, 0.3) is 0 Å². The van der Waals surface area contributed by atoms with Gasteiger partial charge in [-0.05, 0) is 39.2 Å². The molecule has 1 aromatic heterocycles. The maximum Gasteiger partial charge on any atom is 0.239 e. The molecule has 0 saturated carbocycles. The van der Waals surface area contributed by atoms with Crippen LogP contribution >= 0.6 is 0 Å². The van der Waals surface area contributed by atoms with Crippen LogP contribution in [0, 0.1) is 6.92 Å². The molecule has 24 heavy (non-hydrogen) atoms. The summed E-state index contributed by atoms with van der Waals surface area (Å²) < 4.78 is 1.68. The van der Waals surface area contributed by atoms with E-state index < -0.39 is 0 Å². The van der Waals surface area contributed by atoms with Crippen molar-refractivity contribution >= 4 is 17.6 Å². The van der Waals surface area contributed by atoms with Gasteiger partial charge in [0.1, 0.15) is 5.82 Å². The van der Waals surface area contributed by atoms with Crippen LogP contribution in [0.2, 0.25) is 0 Å². The summed E-state index contributed by atoms with van der Waals surface area (Å²) in [5.74, 6) is 0.857. The lowest BCUT2D eigenvalue weighted by atomic mass is 10.0. The van der Waals surface area contributed by atoms with Gasteiger partial charge in [-0.1, -0.05) is 0 Å². The Morgan fingerprint density at radius 1 is 1.25 bits per heavy atom. The highest BCUT2D eigenvalue weighted by Crippen LogP contribution is 2.29. The molecule has 2 saturated heterocycles. The molecule has 0 unspecified atom stereocenters. The third-order valence-electron chi connectivity index (χ3n) is 5.18. The molecule has 2 atom stereocenters. The maximum atomic E-state index is 12.4. The van der Waals surface area contributed by atoms with Crippen molar-refractivity contribution in [1.82, 2.24) is 19.6 Å². The van der Waals surface area contributed by atoms with Crippen molar-refractivity contribution in [2.45, 2.75) is 51.6 Å². The van der Waals surface area contributed by atoms with Gasteiger partial charge in [-0.15, -0.1) is 0 Å². The number of hydrogen-bond donors (Lipinski definition) is 1. The minimum Gasteiger partial charge on any atom is -0.338 e. The Morgan fingerprint density at radius 2 is 1.96 bits per heavy atom. The molecule has 7 heteroatoms. The molecule has 2 aliphatic heterocycles. The quantitative estimate of drug-likeness (QED) is 0.897. The van der Waals surface area contributed by atoms with Crippen molar-refractivity contribution in [3.05, 3.63) is 11.8 Å². The lowest BCUT2D eigenvalue weighted by Crippen LogP contribution is -2.49. The maximum absolute atomic E-state index is 12.4. The predicted octanol–water partition coefficient (Wildman–Crippen LogP) is 1.14. The molecule has 0 bridgehead atoms. The highest BCUT2D eigenvalue weighted by Gasteiger charge is 2.39. The number of nitrogens with one attached hydrogen (secondary N) is 1. The fourth-order valence-electron chi connectivity index (χ4n) is 4.16. The van der Waals surface area contributed by atoms with Crippen LogP contribution in [0.25, 0.3) is 0 Å². The Morgan fingerprint density at radius 3 is 2.62 bits per heavy atom. The van der Waals surface area contributed by atoms with Crippen LogP contribution in [0.4, 0.5) is 5.82 Å². The number of hydrogen-bond acceptors (Lipinski definition) is 4. The van der Waals surface area contributed by atoms with Gasteiger partial charge in [0, 0.05) is 38.7 Å². The number of aryl methyl sites for hydroxylation is 2. The number of amides is 2. The molecule has 0 spiro atoms. The van der Waals surface area contributed by atoms with E-state index in [1.54, 1.807) is 11.6 Å². The minimum absolute atomic E-state index is 0.0164. The van der Waals surface area contributed by atoms with Crippen molar-refractivity contribution < 1.29 is 9.59 Å². The summed E-state index contributed by atoms with van der Waals surface area (Å²) in [4.78, 5) is 28.5. The first-order chi connectivity index (χ1) is 11.5. The first-order valence-corrected chi connectivity index (χ1v) is 8.77. The Labute approximate surface area is 143 Å². The van der Waals surface area contributed by atoms with Crippen LogP contribution in [-0.4, -0.2) is 63.1 Å². The highest BCUT2D eigenvalue weighted by molar-refractivity contribution is 5.91. The molecule has 3 heterocycles. The molecule has 2 aliphatic rings. The predicted molar refractivity (Wildman–Crippen MR) is 91.6 cm³/mol. The van der Waals surface area contributed by atoms with E-state index in [0.29, 0.717) is 12.6 Å². The topological polar surface area (TPSA) is 70.5 Å². The molecule has 132 valence electrons. The zero-order valence-electron chi connectivity index (χ0n) is 14.8. The molecule has 1 aromatic rings. The summed E-state index contributed by atoms with van der Waals surface area (Å²) in [7, 11) is 1.82. The van der Waals surface area contributed by atoms with Gasteiger partial charge in [-0.25, -0.2) is 0 Å². The van der Waals surface area contributed by atoms with Gasteiger partial charge in [0.05, 0.1) is 12.2 Å². The SMILES string of the molecule is CC(=O)N1CCC[C@@H]1[C@@H]1CCCN1CC(=O)Nc1cc(C)nn1C. The zero-order chi connectivity index (χ0) is 17.3. The van der Waals surface area contributed by atoms with E-state index in [4.69, 9.17) is 0 Å². The van der Waals surface area contributed by atoms with Crippen molar-refractivity contribution in [3.63, 3.8) is 0 Å².